The summed E-state index contributed by atoms with van der Waals surface area (Å²) in [5.41, 5.74) is 1.35. The van der Waals surface area contributed by atoms with E-state index in [1.807, 2.05) is 13.0 Å². The number of para-hydroxylation sites is 1. The molecule has 0 aliphatic rings. The molecule has 1 aromatic carbocycles. The molecule has 0 fully saturated rings. The number of hydrogen-bond acceptors (Lipinski definition) is 4. The van der Waals surface area contributed by atoms with Gasteiger partial charge in [-0.05, 0) is 18.6 Å². The van der Waals surface area contributed by atoms with Crippen molar-refractivity contribution in [2.24, 2.45) is 0 Å². The van der Waals surface area contributed by atoms with Crippen LogP contribution >= 0.6 is 0 Å². The van der Waals surface area contributed by atoms with E-state index in [0.717, 1.165) is 5.56 Å². The molecule has 0 spiro atoms. The number of hydrogen-bond donors (Lipinski definition) is 2. The van der Waals surface area contributed by atoms with Crippen molar-refractivity contribution < 1.29 is 14.7 Å². The summed E-state index contributed by atoms with van der Waals surface area (Å²) in [6.07, 6.45) is 1.42. The molecule has 1 aromatic heterocycles. The van der Waals surface area contributed by atoms with Crippen molar-refractivity contribution >= 4 is 22.8 Å². The first-order chi connectivity index (χ1) is 9.99. The van der Waals surface area contributed by atoms with Gasteiger partial charge in [-0.25, -0.2) is 4.98 Å². The van der Waals surface area contributed by atoms with Gasteiger partial charge in [-0.1, -0.05) is 12.1 Å². The minimum atomic E-state index is -1.11. The molecular formula is C14H15N3O4. The third-order valence-electron chi connectivity index (χ3n) is 3.07. The fraction of sp³-hybridized carbons (Fsp3) is 0.286. The normalized spacial score (nSPS) is 10.5. The van der Waals surface area contributed by atoms with Gasteiger partial charge in [-0.15, -0.1) is 0 Å². The quantitative estimate of drug-likeness (QED) is 0.824. The zero-order valence-electron chi connectivity index (χ0n) is 11.5. The van der Waals surface area contributed by atoms with E-state index in [9.17, 15) is 14.4 Å². The number of fused-ring (bicyclic) bond motifs is 1. The first-order valence-corrected chi connectivity index (χ1v) is 6.42. The lowest BCUT2D eigenvalue weighted by Crippen LogP contribution is -2.31. The van der Waals surface area contributed by atoms with Crippen LogP contribution in [0.1, 0.15) is 12.0 Å². The van der Waals surface area contributed by atoms with E-state index >= 15 is 0 Å². The molecule has 0 saturated heterocycles. The van der Waals surface area contributed by atoms with Crippen LogP contribution in [0.5, 0.6) is 0 Å². The maximum absolute atomic E-state index is 12.3. The molecule has 7 heteroatoms. The summed E-state index contributed by atoms with van der Waals surface area (Å²) in [6.45, 7) is 1.60. The van der Waals surface area contributed by atoms with Gasteiger partial charge in [0, 0.05) is 13.0 Å². The molecular weight excluding hydrogens is 274 g/mol. The molecule has 21 heavy (non-hydrogen) atoms. The van der Waals surface area contributed by atoms with Crippen LogP contribution in [0, 0.1) is 6.92 Å². The number of aromatic nitrogens is 2. The number of aryl methyl sites for hydroxylation is 2. The second-order valence-corrected chi connectivity index (χ2v) is 4.63. The molecule has 2 N–H and O–H groups in total. The van der Waals surface area contributed by atoms with E-state index in [-0.39, 0.29) is 18.5 Å². The number of nitrogens with one attached hydrogen (secondary N) is 1. The lowest BCUT2D eigenvalue weighted by atomic mass is 10.1. The Bertz CT molecular complexity index is 751. The van der Waals surface area contributed by atoms with Gasteiger partial charge in [0.1, 0.15) is 6.54 Å². The van der Waals surface area contributed by atoms with Crippen LogP contribution in [-0.2, 0) is 16.1 Å². The Hall–Kier alpha value is -2.70. The third kappa shape index (κ3) is 3.44. The summed E-state index contributed by atoms with van der Waals surface area (Å²) in [5, 5.41) is 11.2. The van der Waals surface area contributed by atoms with Gasteiger partial charge in [-0.2, -0.15) is 0 Å². The molecule has 0 aliphatic heterocycles. The highest BCUT2D eigenvalue weighted by Gasteiger charge is 2.08. The van der Waals surface area contributed by atoms with Crippen LogP contribution in [0.25, 0.3) is 10.9 Å². The highest BCUT2D eigenvalue weighted by Crippen LogP contribution is 2.11. The fourth-order valence-electron chi connectivity index (χ4n) is 1.98. The van der Waals surface area contributed by atoms with Crippen molar-refractivity contribution in [3.8, 4) is 0 Å². The van der Waals surface area contributed by atoms with Gasteiger partial charge in [0.2, 0.25) is 5.91 Å². The van der Waals surface area contributed by atoms with E-state index in [1.54, 1.807) is 12.1 Å². The molecule has 0 atom stereocenters. The zero-order valence-corrected chi connectivity index (χ0v) is 11.5. The van der Waals surface area contributed by atoms with Gasteiger partial charge in [-0.3, -0.25) is 19.0 Å². The average Bonchev–Trinajstić information content (AvgIpc) is 2.45. The number of carboxylic acid groups (broad SMARTS) is 1. The van der Waals surface area contributed by atoms with Crippen LogP contribution < -0.4 is 10.9 Å². The first-order valence-electron chi connectivity index (χ1n) is 6.42. The number of carboxylic acids is 1. The predicted octanol–water partition coefficient (Wildman–Crippen LogP) is 0.296. The van der Waals surface area contributed by atoms with Crippen LogP contribution in [0.3, 0.4) is 0 Å². The lowest BCUT2D eigenvalue weighted by Gasteiger charge is -2.07. The number of amides is 1. The fourth-order valence-corrected chi connectivity index (χ4v) is 1.98. The van der Waals surface area contributed by atoms with Crippen LogP contribution in [-0.4, -0.2) is 33.1 Å². The Morgan fingerprint density at radius 2 is 2.14 bits per heavy atom. The van der Waals surface area contributed by atoms with E-state index in [1.165, 1.54) is 10.9 Å². The summed E-state index contributed by atoms with van der Waals surface area (Å²) in [6, 6.07) is 5.35. The van der Waals surface area contributed by atoms with E-state index in [0.29, 0.717) is 10.9 Å². The maximum Gasteiger partial charge on any atom is 0.322 e. The highest BCUT2D eigenvalue weighted by atomic mass is 16.4. The molecule has 0 bridgehead atoms. The summed E-state index contributed by atoms with van der Waals surface area (Å²) in [5.74, 6) is -1.53. The zero-order chi connectivity index (χ0) is 15.4. The molecule has 7 nitrogen and oxygen atoms in total. The van der Waals surface area contributed by atoms with Crippen molar-refractivity contribution in [3.63, 3.8) is 0 Å². The molecule has 0 radical (unpaired) electrons. The Morgan fingerprint density at radius 1 is 1.38 bits per heavy atom. The minimum absolute atomic E-state index is 0.0200. The van der Waals surface area contributed by atoms with E-state index < -0.39 is 18.4 Å². The minimum Gasteiger partial charge on any atom is -0.480 e. The van der Waals surface area contributed by atoms with Crippen LogP contribution in [0.15, 0.2) is 29.3 Å². The Kier molecular flexibility index (Phi) is 4.32. The summed E-state index contributed by atoms with van der Waals surface area (Å²) in [4.78, 5) is 38.3. The Labute approximate surface area is 120 Å². The van der Waals surface area contributed by atoms with Crippen molar-refractivity contribution in [2.45, 2.75) is 19.9 Å². The Morgan fingerprint density at radius 3 is 2.86 bits per heavy atom. The van der Waals surface area contributed by atoms with Gasteiger partial charge >= 0.3 is 5.97 Å². The van der Waals surface area contributed by atoms with Gasteiger partial charge in [0.25, 0.3) is 5.56 Å². The Balaban J connectivity index is 2.13. The van der Waals surface area contributed by atoms with Crippen molar-refractivity contribution in [1.29, 1.82) is 0 Å². The molecule has 110 valence electrons. The van der Waals surface area contributed by atoms with Crippen LogP contribution in [0.2, 0.25) is 0 Å². The summed E-state index contributed by atoms with van der Waals surface area (Å²) < 4.78 is 1.35. The van der Waals surface area contributed by atoms with Crippen molar-refractivity contribution in [3.05, 3.63) is 40.4 Å². The molecule has 1 amide bonds. The van der Waals surface area contributed by atoms with Crippen LogP contribution in [0.4, 0.5) is 0 Å². The third-order valence-corrected chi connectivity index (χ3v) is 3.07. The highest BCUT2D eigenvalue weighted by molar-refractivity contribution is 5.81. The van der Waals surface area contributed by atoms with Gasteiger partial charge in [0.05, 0.1) is 17.2 Å². The number of benzene rings is 1. The summed E-state index contributed by atoms with van der Waals surface area (Å²) in [7, 11) is 0. The van der Waals surface area contributed by atoms with Gasteiger partial charge < -0.3 is 10.4 Å². The van der Waals surface area contributed by atoms with E-state index in [2.05, 4.69) is 10.3 Å². The second-order valence-electron chi connectivity index (χ2n) is 4.63. The number of aliphatic carboxylic acids is 1. The molecule has 0 unspecified atom stereocenters. The topological polar surface area (TPSA) is 101 Å². The molecule has 0 saturated carbocycles. The standard InChI is InChI=1S/C14H15N3O4/c1-9-3-2-4-10-13(9)16-8-17(14(10)21)6-5-11(18)15-7-12(19)20/h2-4,8H,5-7H2,1H3,(H,15,18)(H,19,20). The molecule has 2 aromatic rings. The number of carbonyl (C=O) groups is 2. The van der Waals surface area contributed by atoms with Gasteiger partial charge in [0.15, 0.2) is 0 Å². The smallest absolute Gasteiger partial charge is 0.322 e. The number of rotatable bonds is 5. The summed E-state index contributed by atoms with van der Waals surface area (Å²) >= 11 is 0. The number of nitrogens with zero attached hydrogens (tertiary/aromatic N) is 2. The van der Waals surface area contributed by atoms with Crippen molar-refractivity contribution in [2.75, 3.05) is 6.54 Å². The largest absolute Gasteiger partial charge is 0.480 e. The second kappa shape index (κ2) is 6.17. The molecule has 1 heterocycles. The van der Waals surface area contributed by atoms with E-state index in [4.69, 9.17) is 5.11 Å². The maximum atomic E-state index is 12.3. The lowest BCUT2D eigenvalue weighted by molar-refractivity contribution is -0.137. The molecule has 2 rings (SSSR count). The van der Waals surface area contributed by atoms with Crippen molar-refractivity contribution in [1.82, 2.24) is 14.9 Å². The monoisotopic (exact) mass is 289 g/mol. The SMILES string of the molecule is Cc1cccc2c(=O)n(CCC(=O)NCC(=O)O)cnc12. The average molecular weight is 289 g/mol. The first kappa shape index (κ1) is 14.7. The number of carbonyl (C=O) groups excluding carboxylic acids is 1. The predicted molar refractivity (Wildman–Crippen MR) is 76.0 cm³/mol. The molecule has 0 aliphatic carbocycles.